The van der Waals surface area contributed by atoms with Crippen LogP contribution in [0.1, 0.15) is 265 Å². The zero-order valence-corrected chi connectivity index (χ0v) is 42.9. The highest BCUT2D eigenvalue weighted by Crippen LogP contribution is 2.18. The average molecular weight is 908 g/mol. The number of unbranched alkanes of at least 4 members (excludes halogenated alkanes) is 28. The molecule has 0 saturated heterocycles. The van der Waals surface area contributed by atoms with Gasteiger partial charge in [-0.3, -0.25) is 9.59 Å². The number of carbonyl (C=O) groups is 2. The van der Waals surface area contributed by atoms with Gasteiger partial charge in [0.15, 0.2) is 0 Å². The van der Waals surface area contributed by atoms with Gasteiger partial charge in [0.05, 0.1) is 25.2 Å². The molecule has 3 atom stereocenters. The van der Waals surface area contributed by atoms with E-state index in [1.807, 2.05) is 18.2 Å². The molecule has 6 nitrogen and oxygen atoms in total. The van der Waals surface area contributed by atoms with Gasteiger partial charge in [0, 0.05) is 6.42 Å². The van der Waals surface area contributed by atoms with Gasteiger partial charge in [0.1, 0.15) is 6.10 Å². The Balaban J connectivity index is 4.61. The Hall–Kier alpha value is -2.70. The van der Waals surface area contributed by atoms with Crippen molar-refractivity contribution < 1.29 is 24.5 Å². The van der Waals surface area contributed by atoms with Crippen molar-refractivity contribution in [3.8, 4) is 0 Å². The maximum Gasteiger partial charge on any atom is 0.306 e. The molecule has 376 valence electrons. The molecule has 0 saturated carbocycles. The minimum atomic E-state index is -0.799. The standard InChI is InChI=1S/C59H105NO5/c1-4-7-10-13-16-19-22-25-28-31-33-36-39-42-45-48-51-57(62)56(54-61)60-58(63)53-55(50-47-44-41-38-35-32-29-26-23-20-17-14-11-8-5-2)65-59(64)52-49-46-43-40-37-34-30-27-24-21-18-15-12-9-6-3/h9,12,15,17-18,20-21,24,26-27,29-30,55-57,61-62H,4-8,10-11,13-14,16,19,22-23,25,28,31-54H2,1-3H3,(H,60,63)/b12-9+,18-15+,20-17-,24-21+,29-26-,30-27-. The molecule has 0 aromatic rings. The third-order valence-corrected chi connectivity index (χ3v) is 12.4. The summed E-state index contributed by atoms with van der Waals surface area (Å²) in [7, 11) is 0. The Morgan fingerprint density at radius 3 is 1.42 bits per heavy atom. The van der Waals surface area contributed by atoms with Gasteiger partial charge in [-0.15, -0.1) is 0 Å². The zero-order valence-electron chi connectivity index (χ0n) is 42.9. The number of hydrogen-bond acceptors (Lipinski definition) is 5. The molecule has 0 bridgehead atoms. The quantitative estimate of drug-likeness (QED) is 0.0245. The number of rotatable bonds is 49. The predicted molar refractivity (Wildman–Crippen MR) is 282 cm³/mol. The van der Waals surface area contributed by atoms with E-state index in [4.69, 9.17) is 4.74 Å². The SMILES string of the molecule is CC/C=C/C=C/C=C/C=C\CCCCCCCC(=O)OC(CCCCCCC/C=C\C/C=C\CCCCC)CC(=O)NC(CO)C(O)CCCCCCCCCCCCCCCCCC. The predicted octanol–water partition coefficient (Wildman–Crippen LogP) is 17.0. The van der Waals surface area contributed by atoms with Crippen LogP contribution in [-0.2, 0) is 14.3 Å². The van der Waals surface area contributed by atoms with Gasteiger partial charge < -0.3 is 20.3 Å². The monoisotopic (exact) mass is 908 g/mol. The van der Waals surface area contributed by atoms with Crippen LogP contribution in [0.4, 0.5) is 0 Å². The van der Waals surface area contributed by atoms with Gasteiger partial charge in [-0.1, -0.05) is 248 Å². The normalized spacial score (nSPS) is 13.7. The summed E-state index contributed by atoms with van der Waals surface area (Å²) >= 11 is 0. The van der Waals surface area contributed by atoms with Crippen LogP contribution >= 0.6 is 0 Å². The van der Waals surface area contributed by atoms with Gasteiger partial charge >= 0.3 is 5.97 Å². The minimum absolute atomic E-state index is 0.0563. The van der Waals surface area contributed by atoms with E-state index in [0.29, 0.717) is 19.3 Å². The highest BCUT2D eigenvalue weighted by atomic mass is 16.5. The topological polar surface area (TPSA) is 95.9 Å². The summed E-state index contributed by atoms with van der Waals surface area (Å²) in [5.41, 5.74) is 0. The summed E-state index contributed by atoms with van der Waals surface area (Å²) in [4.78, 5) is 26.2. The van der Waals surface area contributed by atoms with E-state index >= 15 is 0 Å². The molecule has 0 aliphatic carbocycles. The molecular formula is C59H105NO5. The first-order chi connectivity index (χ1) is 32.0. The van der Waals surface area contributed by atoms with E-state index in [9.17, 15) is 19.8 Å². The van der Waals surface area contributed by atoms with Crippen molar-refractivity contribution >= 4 is 11.9 Å². The number of aliphatic hydroxyl groups is 2. The van der Waals surface area contributed by atoms with Crippen molar-refractivity contribution in [2.75, 3.05) is 6.61 Å². The number of allylic oxidation sites excluding steroid dienone is 12. The molecule has 6 heteroatoms. The van der Waals surface area contributed by atoms with Crippen molar-refractivity contribution in [1.82, 2.24) is 5.32 Å². The van der Waals surface area contributed by atoms with Gasteiger partial charge in [0.25, 0.3) is 0 Å². The fourth-order valence-electron chi connectivity index (χ4n) is 8.18. The number of nitrogens with one attached hydrogen (secondary N) is 1. The molecule has 65 heavy (non-hydrogen) atoms. The molecule has 0 fully saturated rings. The lowest BCUT2D eigenvalue weighted by Gasteiger charge is -2.24. The molecule has 0 heterocycles. The largest absolute Gasteiger partial charge is 0.462 e. The van der Waals surface area contributed by atoms with Gasteiger partial charge in [-0.05, 0) is 77.0 Å². The molecule has 0 spiro atoms. The van der Waals surface area contributed by atoms with Gasteiger partial charge in [-0.2, -0.15) is 0 Å². The molecule has 0 aliphatic rings. The van der Waals surface area contributed by atoms with E-state index in [-0.39, 0.29) is 24.9 Å². The highest BCUT2D eigenvalue weighted by Gasteiger charge is 2.24. The Bertz CT molecular complexity index is 1200. The molecule has 0 radical (unpaired) electrons. The molecular weight excluding hydrogens is 803 g/mol. The molecule has 1 amide bonds. The number of ether oxygens (including phenoxy) is 1. The van der Waals surface area contributed by atoms with Crippen LogP contribution in [0.5, 0.6) is 0 Å². The molecule has 0 aromatic carbocycles. The second kappa shape index (κ2) is 52.3. The maximum absolute atomic E-state index is 13.3. The van der Waals surface area contributed by atoms with Crippen LogP contribution in [0, 0.1) is 0 Å². The Morgan fingerprint density at radius 1 is 0.477 bits per heavy atom. The van der Waals surface area contributed by atoms with Gasteiger partial charge in [0.2, 0.25) is 5.91 Å². The summed E-state index contributed by atoms with van der Waals surface area (Å²) in [6, 6.07) is -0.715. The number of carbonyl (C=O) groups excluding carboxylic acids is 2. The van der Waals surface area contributed by atoms with Crippen molar-refractivity contribution in [3.05, 3.63) is 72.9 Å². The van der Waals surface area contributed by atoms with Crippen molar-refractivity contribution in [2.45, 2.75) is 283 Å². The molecule has 3 N–H and O–H groups in total. The van der Waals surface area contributed by atoms with Crippen molar-refractivity contribution in [3.63, 3.8) is 0 Å². The van der Waals surface area contributed by atoms with Crippen LogP contribution in [0.2, 0.25) is 0 Å². The summed E-state index contributed by atoms with van der Waals surface area (Å²) in [6.45, 7) is 6.33. The maximum atomic E-state index is 13.3. The van der Waals surface area contributed by atoms with Crippen LogP contribution < -0.4 is 5.32 Å². The lowest BCUT2D eigenvalue weighted by Crippen LogP contribution is -2.46. The summed E-state index contributed by atoms with van der Waals surface area (Å²) in [5.74, 6) is -0.512. The first-order valence-corrected chi connectivity index (χ1v) is 27.7. The van der Waals surface area contributed by atoms with Gasteiger partial charge in [-0.25, -0.2) is 0 Å². The average Bonchev–Trinajstić information content (AvgIpc) is 3.30. The Kier molecular flexibility index (Phi) is 50.1. The number of aliphatic hydroxyl groups excluding tert-OH is 2. The highest BCUT2D eigenvalue weighted by molar-refractivity contribution is 5.77. The number of amides is 1. The fraction of sp³-hybridized carbons (Fsp3) is 0.763. The van der Waals surface area contributed by atoms with Crippen LogP contribution in [0.3, 0.4) is 0 Å². The Labute approximate surface area is 402 Å². The van der Waals surface area contributed by atoms with Crippen LogP contribution in [0.25, 0.3) is 0 Å². The van der Waals surface area contributed by atoms with Crippen LogP contribution in [-0.4, -0.2) is 46.9 Å². The minimum Gasteiger partial charge on any atom is -0.462 e. The molecule has 0 aromatic heterocycles. The lowest BCUT2D eigenvalue weighted by atomic mass is 10.0. The number of esters is 1. The first kappa shape index (κ1) is 62.3. The Morgan fingerprint density at radius 2 is 0.892 bits per heavy atom. The molecule has 0 rings (SSSR count). The van der Waals surface area contributed by atoms with Crippen molar-refractivity contribution in [1.29, 1.82) is 0 Å². The van der Waals surface area contributed by atoms with E-state index in [1.54, 1.807) is 0 Å². The third kappa shape index (κ3) is 47.6. The summed E-state index contributed by atoms with van der Waals surface area (Å²) in [6.07, 6.45) is 66.7. The molecule has 3 unspecified atom stereocenters. The van der Waals surface area contributed by atoms with E-state index in [1.165, 1.54) is 122 Å². The second-order valence-corrected chi connectivity index (χ2v) is 18.7. The number of hydrogen-bond donors (Lipinski definition) is 3. The summed E-state index contributed by atoms with van der Waals surface area (Å²) < 4.78 is 5.94. The lowest BCUT2D eigenvalue weighted by molar-refractivity contribution is -0.151. The van der Waals surface area contributed by atoms with Crippen molar-refractivity contribution in [2.24, 2.45) is 0 Å². The van der Waals surface area contributed by atoms with Crippen LogP contribution in [0.15, 0.2) is 72.9 Å². The first-order valence-electron chi connectivity index (χ1n) is 27.7. The summed E-state index contributed by atoms with van der Waals surface area (Å²) in [5, 5.41) is 23.9. The van der Waals surface area contributed by atoms with E-state index in [2.05, 4.69) is 80.8 Å². The fourth-order valence-corrected chi connectivity index (χ4v) is 8.18. The molecule has 0 aliphatic heterocycles. The van der Waals surface area contributed by atoms with E-state index < -0.39 is 18.2 Å². The zero-order chi connectivity index (χ0) is 47.4. The smallest absolute Gasteiger partial charge is 0.306 e. The third-order valence-electron chi connectivity index (χ3n) is 12.4. The van der Waals surface area contributed by atoms with E-state index in [0.717, 1.165) is 96.3 Å². The second-order valence-electron chi connectivity index (χ2n) is 18.7.